The lowest BCUT2D eigenvalue weighted by Gasteiger charge is -2.16. The zero-order valence-electron chi connectivity index (χ0n) is 11.8. The Kier molecular flexibility index (Phi) is 3.90. The fourth-order valence-corrected chi connectivity index (χ4v) is 2.85. The first-order valence-electron chi connectivity index (χ1n) is 7.27. The van der Waals surface area contributed by atoms with Crippen LogP contribution in [0.15, 0.2) is 36.4 Å². The summed E-state index contributed by atoms with van der Waals surface area (Å²) >= 11 is 0. The summed E-state index contributed by atoms with van der Waals surface area (Å²) < 4.78 is 11.8. The second-order valence-corrected chi connectivity index (χ2v) is 5.42. The zero-order chi connectivity index (χ0) is 13.9. The zero-order valence-corrected chi connectivity index (χ0v) is 11.8. The Hall–Kier alpha value is -1.58. The molecule has 20 heavy (non-hydrogen) atoms. The van der Waals surface area contributed by atoms with E-state index in [1.807, 2.05) is 18.2 Å². The van der Waals surface area contributed by atoms with Gasteiger partial charge in [0.1, 0.15) is 12.4 Å². The van der Waals surface area contributed by atoms with Gasteiger partial charge in [0.05, 0.1) is 12.2 Å². The van der Waals surface area contributed by atoms with Crippen LogP contribution in [0.2, 0.25) is 0 Å². The third kappa shape index (κ3) is 2.65. The summed E-state index contributed by atoms with van der Waals surface area (Å²) in [5.41, 5.74) is 6.99. The summed E-state index contributed by atoms with van der Waals surface area (Å²) in [6.45, 7) is 3.20. The minimum atomic E-state index is 0.210. The van der Waals surface area contributed by atoms with E-state index in [1.54, 1.807) is 0 Å². The summed E-state index contributed by atoms with van der Waals surface area (Å²) in [5, 5.41) is 2.37. The van der Waals surface area contributed by atoms with Gasteiger partial charge >= 0.3 is 0 Å². The minimum Gasteiger partial charge on any atom is -0.491 e. The molecule has 1 saturated heterocycles. The van der Waals surface area contributed by atoms with Gasteiger partial charge in [0.15, 0.2) is 0 Å². The van der Waals surface area contributed by atoms with E-state index in [-0.39, 0.29) is 6.10 Å². The monoisotopic (exact) mass is 271 g/mol. The number of rotatable bonds is 4. The third-order valence-electron chi connectivity index (χ3n) is 3.95. The smallest absolute Gasteiger partial charge is 0.124 e. The SMILES string of the molecule is CC1CCC(COc2ccc3ccccc3c2CN)O1. The summed E-state index contributed by atoms with van der Waals surface area (Å²) in [6, 6.07) is 12.4. The van der Waals surface area contributed by atoms with E-state index in [2.05, 4.69) is 25.1 Å². The molecule has 0 bridgehead atoms. The fraction of sp³-hybridized carbons (Fsp3) is 0.412. The van der Waals surface area contributed by atoms with Gasteiger partial charge in [-0.3, -0.25) is 0 Å². The number of nitrogens with two attached hydrogens (primary N) is 1. The standard InChI is InChI=1S/C17H21NO2/c1-12-6-8-14(20-12)11-19-17-9-7-13-4-2-3-5-15(13)16(17)10-18/h2-5,7,9,12,14H,6,8,10-11,18H2,1H3. The van der Waals surface area contributed by atoms with Crippen molar-refractivity contribution in [1.82, 2.24) is 0 Å². The molecule has 1 aliphatic rings. The topological polar surface area (TPSA) is 44.5 Å². The normalized spacial score (nSPS) is 22.3. The van der Waals surface area contributed by atoms with Crippen LogP contribution in [-0.4, -0.2) is 18.8 Å². The Labute approximate surface area is 119 Å². The molecule has 2 unspecified atom stereocenters. The number of benzene rings is 2. The van der Waals surface area contributed by atoms with E-state index < -0.39 is 0 Å². The molecular formula is C17H21NO2. The maximum atomic E-state index is 5.96. The predicted octanol–water partition coefficient (Wildman–Crippen LogP) is 3.24. The first kappa shape index (κ1) is 13.4. The lowest BCUT2D eigenvalue weighted by atomic mass is 10.0. The van der Waals surface area contributed by atoms with Crippen LogP contribution >= 0.6 is 0 Å². The lowest BCUT2D eigenvalue weighted by Crippen LogP contribution is -2.18. The highest BCUT2D eigenvalue weighted by molar-refractivity contribution is 5.87. The quantitative estimate of drug-likeness (QED) is 0.928. The van der Waals surface area contributed by atoms with E-state index in [0.717, 1.165) is 24.2 Å². The van der Waals surface area contributed by atoms with Crippen molar-refractivity contribution in [2.75, 3.05) is 6.61 Å². The van der Waals surface area contributed by atoms with Crippen LogP contribution in [0.25, 0.3) is 10.8 Å². The van der Waals surface area contributed by atoms with Crippen molar-refractivity contribution in [3.8, 4) is 5.75 Å². The molecule has 0 radical (unpaired) electrons. The second kappa shape index (κ2) is 5.81. The van der Waals surface area contributed by atoms with Crippen molar-refractivity contribution in [1.29, 1.82) is 0 Å². The molecule has 1 aliphatic heterocycles. The Bertz CT molecular complexity index is 597. The van der Waals surface area contributed by atoms with Gasteiger partial charge in [0.2, 0.25) is 0 Å². The average Bonchev–Trinajstić information content (AvgIpc) is 2.90. The summed E-state index contributed by atoms with van der Waals surface area (Å²) in [4.78, 5) is 0. The van der Waals surface area contributed by atoms with E-state index in [0.29, 0.717) is 19.3 Å². The molecule has 106 valence electrons. The molecule has 3 rings (SSSR count). The fourth-order valence-electron chi connectivity index (χ4n) is 2.85. The lowest BCUT2D eigenvalue weighted by molar-refractivity contribution is 0.0263. The van der Waals surface area contributed by atoms with Gasteiger partial charge in [0, 0.05) is 12.1 Å². The van der Waals surface area contributed by atoms with Gasteiger partial charge in [0.25, 0.3) is 0 Å². The molecular weight excluding hydrogens is 250 g/mol. The number of ether oxygens (including phenoxy) is 2. The van der Waals surface area contributed by atoms with E-state index in [9.17, 15) is 0 Å². The van der Waals surface area contributed by atoms with Gasteiger partial charge in [-0.2, -0.15) is 0 Å². The molecule has 0 spiro atoms. The highest BCUT2D eigenvalue weighted by Crippen LogP contribution is 2.28. The average molecular weight is 271 g/mol. The summed E-state index contributed by atoms with van der Waals surface area (Å²) in [5.74, 6) is 0.884. The van der Waals surface area contributed by atoms with Crippen molar-refractivity contribution >= 4 is 10.8 Å². The Balaban J connectivity index is 1.80. The molecule has 2 atom stereocenters. The summed E-state index contributed by atoms with van der Waals surface area (Å²) in [6.07, 6.45) is 2.76. The number of hydrogen-bond acceptors (Lipinski definition) is 3. The van der Waals surface area contributed by atoms with Gasteiger partial charge in [-0.1, -0.05) is 30.3 Å². The van der Waals surface area contributed by atoms with Crippen LogP contribution in [0.4, 0.5) is 0 Å². The van der Waals surface area contributed by atoms with E-state index in [1.165, 1.54) is 10.8 Å². The molecule has 3 heteroatoms. The predicted molar refractivity (Wildman–Crippen MR) is 80.9 cm³/mol. The molecule has 2 N–H and O–H groups in total. The van der Waals surface area contributed by atoms with Crippen molar-refractivity contribution in [3.63, 3.8) is 0 Å². The molecule has 2 aromatic rings. The second-order valence-electron chi connectivity index (χ2n) is 5.42. The van der Waals surface area contributed by atoms with Crippen molar-refractivity contribution < 1.29 is 9.47 Å². The van der Waals surface area contributed by atoms with Gasteiger partial charge < -0.3 is 15.2 Å². The van der Waals surface area contributed by atoms with Crippen molar-refractivity contribution in [2.24, 2.45) is 5.73 Å². The Morgan fingerprint density at radius 3 is 2.80 bits per heavy atom. The van der Waals surface area contributed by atoms with Crippen molar-refractivity contribution in [2.45, 2.75) is 38.5 Å². The molecule has 0 saturated carbocycles. The van der Waals surface area contributed by atoms with Crippen LogP contribution in [0, 0.1) is 0 Å². The minimum absolute atomic E-state index is 0.210. The van der Waals surface area contributed by atoms with Gasteiger partial charge in [-0.05, 0) is 36.6 Å². The first-order valence-corrected chi connectivity index (χ1v) is 7.27. The molecule has 0 aliphatic carbocycles. The van der Waals surface area contributed by atoms with Crippen molar-refractivity contribution in [3.05, 3.63) is 42.0 Å². The van der Waals surface area contributed by atoms with Gasteiger partial charge in [-0.25, -0.2) is 0 Å². The first-order chi connectivity index (χ1) is 9.78. The number of hydrogen-bond donors (Lipinski definition) is 1. The number of fused-ring (bicyclic) bond motifs is 1. The van der Waals surface area contributed by atoms with Gasteiger partial charge in [-0.15, -0.1) is 0 Å². The largest absolute Gasteiger partial charge is 0.491 e. The molecule has 0 aromatic heterocycles. The molecule has 0 amide bonds. The van der Waals surface area contributed by atoms with Crippen LogP contribution < -0.4 is 10.5 Å². The Morgan fingerprint density at radius 1 is 1.20 bits per heavy atom. The molecule has 2 aromatic carbocycles. The Morgan fingerprint density at radius 2 is 2.05 bits per heavy atom. The third-order valence-corrected chi connectivity index (χ3v) is 3.95. The molecule has 1 heterocycles. The van der Waals surface area contributed by atoms with E-state index >= 15 is 0 Å². The maximum Gasteiger partial charge on any atom is 0.124 e. The molecule has 3 nitrogen and oxygen atoms in total. The summed E-state index contributed by atoms with van der Waals surface area (Å²) in [7, 11) is 0. The maximum absolute atomic E-state index is 5.96. The highest BCUT2D eigenvalue weighted by atomic mass is 16.5. The van der Waals surface area contributed by atoms with Crippen LogP contribution in [0.3, 0.4) is 0 Å². The van der Waals surface area contributed by atoms with E-state index in [4.69, 9.17) is 15.2 Å². The van der Waals surface area contributed by atoms with Crippen LogP contribution in [-0.2, 0) is 11.3 Å². The highest BCUT2D eigenvalue weighted by Gasteiger charge is 2.22. The molecule has 1 fully saturated rings. The van der Waals surface area contributed by atoms with Crippen LogP contribution in [0.1, 0.15) is 25.3 Å². The van der Waals surface area contributed by atoms with Crippen LogP contribution in [0.5, 0.6) is 5.75 Å².